The van der Waals surface area contributed by atoms with E-state index in [2.05, 4.69) is 59.5 Å². The van der Waals surface area contributed by atoms with Crippen LogP contribution < -0.4 is 5.32 Å². The molecule has 0 radical (unpaired) electrons. The molecule has 0 aliphatic heterocycles. The predicted molar refractivity (Wildman–Crippen MR) is 201 cm³/mol. The fourth-order valence-corrected chi connectivity index (χ4v) is 13.6. The molecule has 9 nitrogen and oxygen atoms in total. The van der Waals surface area contributed by atoms with Crippen molar-refractivity contribution in [3.05, 3.63) is 53.6 Å². The molecule has 6 rings (SSSR count). The molecule has 0 aromatic heterocycles. The van der Waals surface area contributed by atoms with E-state index in [0.29, 0.717) is 23.3 Å². The highest BCUT2D eigenvalue weighted by molar-refractivity contribution is 5.84. The van der Waals surface area contributed by atoms with Gasteiger partial charge in [0.05, 0.1) is 18.5 Å². The number of fused-ring (bicyclic) bond motifs is 7. The number of benzene rings is 1. The summed E-state index contributed by atoms with van der Waals surface area (Å²) >= 11 is 0. The first-order valence-electron chi connectivity index (χ1n) is 19.6. The molecular weight excluding hydrogens is 656 g/mol. The molecule has 0 heterocycles. The van der Waals surface area contributed by atoms with Crippen molar-refractivity contribution in [2.24, 2.45) is 56.7 Å². The summed E-state index contributed by atoms with van der Waals surface area (Å²) in [5.74, 6) is -0.232. The number of carboxylic acid groups (broad SMARTS) is 2. The largest absolute Gasteiger partial charge is 0.480 e. The number of carboxylic acids is 2. The molecule has 1 amide bonds. The van der Waals surface area contributed by atoms with Crippen molar-refractivity contribution in [3.63, 3.8) is 0 Å². The van der Waals surface area contributed by atoms with E-state index in [-0.39, 0.29) is 65.6 Å². The van der Waals surface area contributed by atoms with Crippen LogP contribution in [0.4, 0.5) is 0 Å². The van der Waals surface area contributed by atoms with E-state index in [1.165, 1.54) is 10.5 Å². The summed E-state index contributed by atoms with van der Waals surface area (Å²) in [6.07, 6.45) is 10.2. The molecule has 0 spiro atoms. The number of allylic oxidation sites excluding steroid dienone is 3. The Balaban J connectivity index is 1.27. The van der Waals surface area contributed by atoms with Gasteiger partial charge in [-0.3, -0.25) is 19.3 Å². The quantitative estimate of drug-likeness (QED) is 0.123. The Morgan fingerprint density at radius 2 is 1.52 bits per heavy atom. The maximum Gasteiger partial charge on any atom is 0.317 e. The number of hydrogen-bond donors (Lipinski definition) is 5. The molecule has 0 bridgehead atoms. The van der Waals surface area contributed by atoms with Gasteiger partial charge in [-0.2, -0.15) is 0 Å². The summed E-state index contributed by atoms with van der Waals surface area (Å²) in [7, 11) is 0. The average molecular weight is 719 g/mol. The topological polar surface area (TPSA) is 147 Å². The van der Waals surface area contributed by atoms with Crippen molar-refractivity contribution in [3.8, 4) is 0 Å². The molecule has 4 fully saturated rings. The summed E-state index contributed by atoms with van der Waals surface area (Å²) in [6, 6.07) is 7.72. The number of aliphatic carboxylic acids is 2. The number of aliphatic hydroxyl groups excluding tert-OH is 1. The smallest absolute Gasteiger partial charge is 0.317 e. The van der Waals surface area contributed by atoms with Crippen LogP contribution in [-0.2, 0) is 14.4 Å². The molecule has 5 N–H and O–H groups in total. The van der Waals surface area contributed by atoms with Crippen LogP contribution in [0.1, 0.15) is 117 Å². The summed E-state index contributed by atoms with van der Waals surface area (Å²) in [4.78, 5) is 38.5. The van der Waals surface area contributed by atoms with Gasteiger partial charge in [0.2, 0.25) is 5.91 Å². The Kier molecular flexibility index (Phi) is 10.2. The van der Waals surface area contributed by atoms with Crippen molar-refractivity contribution < 1.29 is 34.8 Å². The first-order chi connectivity index (χ1) is 24.3. The number of rotatable bonds is 11. The first kappa shape index (κ1) is 38.7. The van der Waals surface area contributed by atoms with Gasteiger partial charge in [-0.05, 0) is 127 Å². The van der Waals surface area contributed by atoms with Crippen molar-refractivity contribution in [1.29, 1.82) is 0 Å². The van der Waals surface area contributed by atoms with Gasteiger partial charge in [0, 0.05) is 18.7 Å². The van der Waals surface area contributed by atoms with E-state index in [0.717, 1.165) is 68.9 Å². The van der Waals surface area contributed by atoms with Gasteiger partial charge in [0.1, 0.15) is 0 Å². The van der Waals surface area contributed by atoms with Gasteiger partial charge in [-0.25, -0.2) is 0 Å². The van der Waals surface area contributed by atoms with Crippen LogP contribution in [0.2, 0.25) is 0 Å². The molecule has 0 unspecified atom stereocenters. The van der Waals surface area contributed by atoms with Crippen molar-refractivity contribution in [2.75, 3.05) is 26.2 Å². The third-order valence-electron chi connectivity index (χ3n) is 16.0. The Hall–Kier alpha value is -3.01. The highest BCUT2D eigenvalue weighted by atomic mass is 16.5. The van der Waals surface area contributed by atoms with Crippen molar-refractivity contribution in [2.45, 2.75) is 106 Å². The normalized spacial score (nSPS) is 37.7. The minimum atomic E-state index is -1.47. The van der Waals surface area contributed by atoms with E-state index < -0.39 is 23.6 Å². The molecule has 1 aromatic carbocycles. The lowest BCUT2D eigenvalue weighted by Crippen LogP contribution is -2.66. The highest BCUT2D eigenvalue weighted by Crippen LogP contribution is 2.77. The number of carbonyl (C=O) groups excluding carboxylic acids is 1. The maximum atomic E-state index is 14.4. The second kappa shape index (κ2) is 13.7. The lowest BCUT2D eigenvalue weighted by Gasteiger charge is -2.72. The molecular formula is C43H62N2O7. The molecule has 5 aliphatic rings. The summed E-state index contributed by atoms with van der Waals surface area (Å²) in [5, 5.41) is 41.1. The second-order valence-electron chi connectivity index (χ2n) is 18.6. The SMILES string of the molecule is C=C(C)[C@@H]1CC[C@]2(C(=O)NCCN(CC(=O)O)CC(=O)O)CC[C@]3(C)[C@H](CC[C@@H]4[C@@]5(C)CC=C(c6ccc(C(O)O)cc6)C(C)(C)[C@@H]5CC[C@]43C)[C@@H]12. The van der Waals surface area contributed by atoms with Gasteiger partial charge in [-0.15, -0.1) is 0 Å². The van der Waals surface area contributed by atoms with Crippen LogP contribution in [0.3, 0.4) is 0 Å². The number of nitrogens with one attached hydrogen (secondary N) is 1. The number of aliphatic hydroxyl groups is 2. The monoisotopic (exact) mass is 718 g/mol. The van der Waals surface area contributed by atoms with E-state index in [1.54, 1.807) is 0 Å². The number of hydrogen-bond acceptors (Lipinski definition) is 6. The molecule has 9 heteroatoms. The molecule has 52 heavy (non-hydrogen) atoms. The molecule has 5 aliphatic carbocycles. The first-order valence-corrected chi connectivity index (χ1v) is 19.6. The van der Waals surface area contributed by atoms with Gasteiger partial charge >= 0.3 is 11.9 Å². The van der Waals surface area contributed by atoms with Gasteiger partial charge in [0.25, 0.3) is 0 Å². The Morgan fingerprint density at radius 3 is 2.12 bits per heavy atom. The number of carbonyl (C=O) groups is 3. The minimum Gasteiger partial charge on any atom is -0.480 e. The van der Waals surface area contributed by atoms with Crippen molar-refractivity contribution in [1.82, 2.24) is 10.2 Å². The zero-order valence-electron chi connectivity index (χ0n) is 32.2. The molecule has 4 saturated carbocycles. The summed E-state index contributed by atoms with van der Waals surface area (Å²) < 4.78 is 0. The Labute approximate surface area is 309 Å². The van der Waals surface area contributed by atoms with Crippen LogP contribution in [0.5, 0.6) is 0 Å². The highest BCUT2D eigenvalue weighted by Gasteiger charge is 2.71. The number of nitrogens with zero attached hydrogens (tertiary/aromatic N) is 1. The summed E-state index contributed by atoms with van der Waals surface area (Å²) in [6.45, 7) is 18.8. The summed E-state index contributed by atoms with van der Waals surface area (Å²) in [5.41, 5.74) is 3.93. The van der Waals surface area contributed by atoms with Crippen LogP contribution in [-0.4, -0.2) is 69.4 Å². The van der Waals surface area contributed by atoms with Gasteiger partial charge < -0.3 is 25.7 Å². The predicted octanol–water partition coefficient (Wildman–Crippen LogP) is 6.91. The zero-order valence-corrected chi connectivity index (χ0v) is 32.2. The third kappa shape index (κ3) is 6.07. The van der Waals surface area contributed by atoms with Crippen LogP contribution in [0.15, 0.2) is 42.5 Å². The lowest BCUT2D eigenvalue weighted by molar-refractivity contribution is -0.225. The molecule has 1 aromatic rings. The fourth-order valence-electron chi connectivity index (χ4n) is 13.6. The maximum absolute atomic E-state index is 14.4. The van der Waals surface area contributed by atoms with E-state index in [9.17, 15) is 34.8 Å². The number of amides is 1. The van der Waals surface area contributed by atoms with Crippen LogP contribution in [0, 0.1) is 56.7 Å². The van der Waals surface area contributed by atoms with E-state index in [4.69, 9.17) is 0 Å². The third-order valence-corrected chi connectivity index (χ3v) is 16.0. The van der Waals surface area contributed by atoms with Crippen molar-refractivity contribution >= 4 is 23.4 Å². The fraction of sp³-hybridized carbons (Fsp3) is 0.698. The van der Waals surface area contributed by atoms with Crippen LogP contribution in [0.25, 0.3) is 5.57 Å². The van der Waals surface area contributed by atoms with E-state index in [1.807, 2.05) is 24.3 Å². The zero-order chi connectivity index (χ0) is 38.0. The van der Waals surface area contributed by atoms with Gasteiger partial charge in [-0.1, -0.05) is 77.1 Å². The minimum absolute atomic E-state index is 0.0464. The van der Waals surface area contributed by atoms with E-state index >= 15 is 0 Å². The Bertz CT molecular complexity index is 1600. The van der Waals surface area contributed by atoms with Gasteiger partial charge in [0.15, 0.2) is 6.29 Å². The Morgan fingerprint density at radius 1 is 0.865 bits per heavy atom. The van der Waals surface area contributed by atoms with Crippen LogP contribution >= 0.6 is 0 Å². The molecule has 286 valence electrons. The average Bonchev–Trinajstić information content (AvgIpc) is 3.46. The lowest BCUT2D eigenvalue weighted by atomic mass is 9.32. The standard InChI is InChI=1S/C43H62N2O7/c1-26(2)29-14-19-43(38(52)44-22-23-45(24-34(46)47)25-35(48)49)21-20-41(6)31(36(29)43)12-13-33-40(5)17-15-30(27-8-10-28(11-9-27)37(50)51)39(3,4)32(40)16-18-42(33,41)7/h8-11,15,29,31-33,36-37,50-51H,1,12-14,16-25H2,2-7H3,(H,44,52)(H,46,47)(H,48,49)/t29-,31+,32-,33+,36+,40-,41+,42+,43-/m0/s1. The second-order valence-corrected chi connectivity index (χ2v) is 18.6. The molecule has 0 saturated heterocycles. The molecule has 9 atom stereocenters.